The number of halogens is 3. The third kappa shape index (κ3) is 4.10. The minimum atomic E-state index is -0.900. The average Bonchev–Trinajstić information content (AvgIpc) is 2.99. The first-order chi connectivity index (χ1) is 12.5. The van der Waals surface area contributed by atoms with E-state index < -0.39 is 17.7 Å². The van der Waals surface area contributed by atoms with E-state index >= 15 is 0 Å². The Kier molecular flexibility index (Phi) is 5.67. The summed E-state index contributed by atoms with van der Waals surface area (Å²) in [4.78, 5) is 26.9. The standard InChI is InChI=1S/C15H12BrF2N5O2S/c1-2-25-15(24)23-13-19-10-11(16)20-14(22-12(10)21-13)26-6-7-4-3-5-8(17)9(7)18/h3-5H,2,6H2,1H3,(H2,19,20,21,22,23,24). The molecule has 26 heavy (non-hydrogen) atoms. The van der Waals surface area contributed by atoms with Crippen molar-refractivity contribution in [2.45, 2.75) is 17.8 Å². The molecule has 0 aliphatic heterocycles. The summed E-state index contributed by atoms with van der Waals surface area (Å²) in [5.41, 5.74) is 1.00. The number of hydrogen-bond donors (Lipinski definition) is 2. The summed E-state index contributed by atoms with van der Waals surface area (Å²) in [6, 6.07) is 3.99. The zero-order valence-electron chi connectivity index (χ0n) is 13.3. The van der Waals surface area contributed by atoms with E-state index in [0.29, 0.717) is 20.9 Å². The maximum absolute atomic E-state index is 13.7. The van der Waals surface area contributed by atoms with Gasteiger partial charge in [-0.15, -0.1) is 0 Å². The van der Waals surface area contributed by atoms with Crippen LogP contribution in [0.2, 0.25) is 0 Å². The number of nitrogens with one attached hydrogen (secondary N) is 2. The van der Waals surface area contributed by atoms with Gasteiger partial charge in [-0.05, 0) is 28.9 Å². The minimum Gasteiger partial charge on any atom is -0.450 e. The van der Waals surface area contributed by atoms with Crippen LogP contribution in [0.1, 0.15) is 12.5 Å². The van der Waals surface area contributed by atoms with Gasteiger partial charge in [-0.1, -0.05) is 23.9 Å². The van der Waals surface area contributed by atoms with Crippen molar-refractivity contribution in [2.75, 3.05) is 11.9 Å². The molecule has 0 aliphatic carbocycles. The van der Waals surface area contributed by atoms with Crippen molar-refractivity contribution in [3.8, 4) is 0 Å². The van der Waals surface area contributed by atoms with Gasteiger partial charge < -0.3 is 9.72 Å². The van der Waals surface area contributed by atoms with Crippen LogP contribution in [-0.4, -0.2) is 32.6 Å². The van der Waals surface area contributed by atoms with E-state index in [4.69, 9.17) is 4.74 Å². The zero-order valence-corrected chi connectivity index (χ0v) is 15.7. The monoisotopic (exact) mass is 443 g/mol. The maximum atomic E-state index is 13.7. The fraction of sp³-hybridized carbons (Fsp3) is 0.200. The van der Waals surface area contributed by atoms with Crippen LogP contribution in [0.5, 0.6) is 0 Å². The minimum absolute atomic E-state index is 0.153. The summed E-state index contributed by atoms with van der Waals surface area (Å²) in [7, 11) is 0. The molecular formula is C15H12BrF2N5O2S. The van der Waals surface area contributed by atoms with Crippen molar-refractivity contribution in [3.05, 3.63) is 40.0 Å². The van der Waals surface area contributed by atoms with Crippen molar-refractivity contribution in [3.63, 3.8) is 0 Å². The van der Waals surface area contributed by atoms with Crippen molar-refractivity contribution in [2.24, 2.45) is 0 Å². The van der Waals surface area contributed by atoms with Gasteiger partial charge in [0.1, 0.15) is 10.1 Å². The summed E-state index contributed by atoms with van der Waals surface area (Å²) < 4.78 is 32.2. The van der Waals surface area contributed by atoms with Crippen molar-refractivity contribution in [1.29, 1.82) is 0 Å². The van der Waals surface area contributed by atoms with Gasteiger partial charge in [0.15, 0.2) is 22.4 Å². The number of carbonyl (C=O) groups excluding carboxylic acids is 1. The number of aromatic amines is 1. The molecule has 0 unspecified atom stereocenters. The second kappa shape index (κ2) is 7.96. The molecule has 3 aromatic rings. The van der Waals surface area contributed by atoms with Crippen molar-refractivity contribution >= 4 is 50.9 Å². The summed E-state index contributed by atoms with van der Waals surface area (Å²) in [6.07, 6.45) is -0.646. The van der Waals surface area contributed by atoms with Gasteiger partial charge in [0.2, 0.25) is 5.95 Å². The van der Waals surface area contributed by atoms with Gasteiger partial charge in [0.05, 0.1) is 6.61 Å². The lowest BCUT2D eigenvalue weighted by Gasteiger charge is -2.03. The Morgan fingerprint density at radius 2 is 2.15 bits per heavy atom. The molecule has 7 nitrogen and oxygen atoms in total. The van der Waals surface area contributed by atoms with Gasteiger partial charge in [-0.3, -0.25) is 5.32 Å². The third-order valence-electron chi connectivity index (χ3n) is 3.17. The molecule has 0 aliphatic rings. The molecule has 0 fully saturated rings. The quantitative estimate of drug-likeness (QED) is 0.347. The van der Waals surface area contributed by atoms with E-state index in [1.807, 2.05) is 0 Å². The number of aromatic nitrogens is 4. The van der Waals surface area contributed by atoms with E-state index in [9.17, 15) is 13.6 Å². The molecule has 2 aromatic heterocycles. The summed E-state index contributed by atoms with van der Waals surface area (Å²) >= 11 is 4.43. The number of anilines is 1. The second-order valence-electron chi connectivity index (χ2n) is 4.93. The first-order valence-corrected chi connectivity index (χ1v) is 9.18. The predicted octanol–water partition coefficient (Wildman–Crippen LogP) is 4.25. The van der Waals surface area contributed by atoms with Crippen LogP contribution in [0.15, 0.2) is 28.0 Å². The summed E-state index contributed by atoms with van der Waals surface area (Å²) in [6.45, 7) is 1.91. The first-order valence-electron chi connectivity index (χ1n) is 7.40. The fourth-order valence-corrected chi connectivity index (χ4v) is 3.41. The number of hydrogen-bond acceptors (Lipinski definition) is 6. The number of carbonyl (C=O) groups is 1. The van der Waals surface area contributed by atoms with Crippen LogP contribution in [0, 0.1) is 11.6 Å². The lowest BCUT2D eigenvalue weighted by atomic mass is 10.2. The number of thioether (sulfide) groups is 1. The third-order valence-corrected chi connectivity index (χ3v) is 4.64. The van der Waals surface area contributed by atoms with Gasteiger partial charge in [0, 0.05) is 11.3 Å². The normalized spacial score (nSPS) is 10.9. The molecule has 0 bridgehead atoms. The molecule has 1 amide bonds. The summed E-state index contributed by atoms with van der Waals surface area (Å²) in [5.74, 6) is -1.48. The molecule has 11 heteroatoms. The molecule has 0 saturated heterocycles. The number of amides is 1. The number of benzene rings is 1. The Bertz CT molecular complexity index is 969. The molecule has 0 radical (unpaired) electrons. The molecule has 3 rings (SSSR count). The number of imidazole rings is 1. The topological polar surface area (TPSA) is 92.8 Å². The lowest BCUT2D eigenvalue weighted by molar-refractivity contribution is 0.167. The van der Waals surface area contributed by atoms with Crippen LogP contribution < -0.4 is 5.32 Å². The Labute approximate surface area is 159 Å². The molecular weight excluding hydrogens is 432 g/mol. The van der Waals surface area contributed by atoms with Gasteiger partial charge in [-0.2, -0.15) is 4.98 Å². The predicted molar refractivity (Wildman–Crippen MR) is 95.9 cm³/mol. The highest BCUT2D eigenvalue weighted by molar-refractivity contribution is 9.10. The van der Waals surface area contributed by atoms with Crippen LogP contribution in [0.3, 0.4) is 0 Å². The highest BCUT2D eigenvalue weighted by atomic mass is 79.9. The number of H-pyrrole nitrogens is 1. The molecule has 2 N–H and O–H groups in total. The van der Waals surface area contributed by atoms with E-state index in [-0.39, 0.29) is 23.9 Å². The zero-order chi connectivity index (χ0) is 18.7. The van der Waals surface area contributed by atoms with Crippen LogP contribution >= 0.6 is 27.7 Å². The Morgan fingerprint density at radius 1 is 1.35 bits per heavy atom. The van der Waals surface area contributed by atoms with E-state index in [0.717, 1.165) is 17.8 Å². The highest BCUT2D eigenvalue weighted by Crippen LogP contribution is 2.27. The van der Waals surface area contributed by atoms with Crippen LogP contribution in [-0.2, 0) is 10.5 Å². The Morgan fingerprint density at radius 3 is 2.92 bits per heavy atom. The summed E-state index contributed by atoms with van der Waals surface area (Å²) in [5, 5.41) is 2.76. The lowest BCUT2D eigenvalue weighted by Crippen LogP contribution is -2.14. The largest absolute Gasteiger partial charge is 0.450 e. The maximum Gasteiger partial charge on any atom is 0.413 e. The van der Waals surface area contributed by atoms with E-state index in [1.54, 1.807) is 6.92 Å². The smallest absolute Gasteiger partial charge is 0.413 e. The van der Waals surface area contributed by atoms with Gasteiger partial charge in [-0.25, -0.2) is 23.5 Å². The van der Waals surface area contributed by atoms with Crippen LogP contribution in [0.4, 0.5) is 19.5 Å². The van der Waals surface area contributed by atoms with E-state index in [2.05, 4.69) is 41.2 Å². The number of nitrogens with zero attached hydrogens (tertiary/aromatic N) is 3. The van der Waals surface area contributed by atoms with Crippen molar-refractivity contribution in [1.82, 2.24) is 19.9 Å². The Balaban J connectivity index is 1.79. The molecule has 136 valence electrons. The van der Waals surface area contributed by atoms with Crippen molar-refractivity contribution < 1.29 is 18.3 Å². The molecule has 0 saturated carbocycles. The van der Waals surface area contributed by atoms with E-state index in [1.165, 1.54) is 12.1 Å². The van der Waals surface area contributed by atoms with Gasteiger partial charge in [0.25, 0.3) is 0 Å². The first kappa shape index (κ1) is 18.5. The number of ether oxygens (including phenoxy) is 1. The number of fused-ring (bicyclic) bond motifs is 1. The average molecular weight is 444 g/mol. The molecule has 0 atom stereocenters. The SMILES string of the molecule is CCOC(=O)Nc1nc2nc(SCc3cccc(F)c3F)nc(Br)c2[nH]1. The van der Waals surface area contributed by atoms with Gasteiger partial charge >= 0.3 is 6.09 Å². The molecule has 2 heterocycles. The second-order valence-corrected chi connectivity index (χ2v) is 6.62. The highest BCUT2D eigenvalue weighted by Gasteiger charge is 2.14. The Hall–Kier alpha value is -2.27. The molecule has 1 aromatic carbocycles. The number of rotatable bonds is 5. The fourth-order valence-electron chi connectivity index (χ4n) is 2.03. The van der Waals surface area contributed by atoms with Crippen LogP contribution in [0.25, 0.3) is 11.2 Å². The molecule has 0 spiro atoms.